The minimum absolute atomic E-state index is 0.227. The van der Waals surface area contributed by atoms with Gasteiger partial charge in [0.25, 0.3) is 0 Å². The Morgan fingerprint density at radius 2 is 2.00 bits per heavy atom. The zero-order valence-corrected chi connectivity index (χ0v) is 18.3. The number of carbonyl (C=O) groups is 2. The molecule has 0 aromatic carbocycles. The molecule has 2 N–H and O–H groups in total. The van der Waals surface area contributed by atoms with Gasteiger partial charge in [0.05, 0.1) is 30.5 Å². The van der Waals surface area contributed by atoms with Crippen molar-refractivity contribution in [3.63, 3.8) is 0 Å². The molecule has 1 spiro atoms. The van der Waals surface area contributed by atoms with Gasteiger partial charge in [0.15, 0.2) is 11.6 Å². The smallest absolute Gasteiger partial charge is 0.411 e. The van der Waals surface area contributed by atoms with Gasteiger partial charge in [-0.15, -0.1) is 0 Å². The van der Waals surface area contributed by atoms with Crippen LogP contribution in [0.3, 0.4) is 0 Å². The van der Waals surface area contributed by atoms with Crippen molar-refractivity contribution >= 4 is 23.5 Å². The number of methoxy groups -OCH3 is 1. The third-order valence-electron chi connectivity index (χ3n) is 7.24. The van der Waals surface area contributed by atoms with Crippen LogP contribution in [0.25, 0.3) is 0 Å². The van der Waals surface area contributed by atoms with Crippen LogP contribution in [0.4, 0.5) is 16.3 Å². The lowest BCUT2D eigenvalue weighted by molar-refractivity contribution is -0.139. The number of aromatic nitrogens is 1. The molecule has 1 saturated carbocycles. The zero-order chi connectivity index (χ0) is 22.2. The Bertz CT molecular complexity index is 841. The van der Waals surface area contributed by atoms with Gasteiger partial charge < -0.3 is 24.7 Å². The fourth-order valence-corrected chi connectivity index (χ4v) is 5.37. The van der Waals surface area contributed by atoms with E-state index in [1.54, 1.807) is 13.2 Å². The lowest BCUT2D eigenvalue weighted by Crippen LogP contribution is -2.50. The maximum Gasteiger partial charge on any atom is 0.411 e. The average molecular weight is 433 g/mol. The highest BCUT2D eigenvalue weighted by atomic mass is 16.5. The summed E-state index contributed by atoms with van der Waals surface area (Å²) in [5, 5.41) is 19.0. The topological polar surface area (TPSA) is 106 Å². The molecule has 1 aromatic heterocycles. The summed E-state index contributed by atoms with van der Waals surface area (Å²) in [5.74, 6) is 1.39. The van der Waals surface area contributed by atoms with Crippen molar-refractivity contribution in [3.05, 3.63) is 12.3 Å². The Balaban J connectivity index is 1.52. The minimum Gasteiger partial charge on any atom is -0.493 e. The third-order valence-corrected chi connectivity index (χ3v) is 7.24. The summed E-state index contributed by atoms with van der Waals surface area (Å²) in [6.45, 7) is 2.15. The van der Waals surface area contributed by atoms with Gasteiger partial charge in [-0.2, -0.15) is 0 Å². The number of aliphatic hydroxyl groups is 1. The highest BCUT2D eigenvalue weighted by Crippen LogP contribution is 2.44. The van der Waals surface area contributed by atoms with Crippen molar-refractivity contribution in [2.24, 2.45) is 5.41 Å². The normalized spacial score (nSPS) is 28.8. The van der Waals surface area contributed by atoms with Crippen LogP contribution >= 0.6 is 0 Å². The van der Waals surface area contributed by atoms with E-state index in [1.165, 1.54) is 13.2 Å². The first-order chi connectivity index (χ1) is 14.8. The molecule has 1 atom stereocenters. The highest BCUT2D eigenvalue weighted by Gasteiger charge is 2.51. The first-order valence-corrected chi connectivity index (χ1v) is 11.1. The Morgan fingerprint density at radius 1 is 1.26 bits per heavy atom. The van der Waals surface area contributed by atoms with E-state index in [1.807, 2.05) is 0 Å². The maximum absolute atomic E-state index is 13.5. The molecule has 3 heterocycles. The number of nitrogens with zero attached hydrogens (tertiary/aromatic N) is 4. The molecule has 2 saturated heterocycles. The fraction of sp³-hybridized carbons (Fsp3) is 0.682. The molecule has 2 amide bonds. The first-order valence-electron chi connectivity index (χ1n) is 11.1. The van der Waals surface area contributed by atoms with Crippen LogP contribution in [0, 0.1) is 5.41 Å². The second-order valence-corrected chi connectivity index (χ2v) is 9.08. The van der Waals surface area contributed by atoms with Crippen LogP contribution in [0.2, 0.25) is 0 Å². The Hall–Kier alpha value is -2.55. The number of rotatable bonds is 4. The molecule has 9 heteroatoms. The van der Waals surface area contributed by atoms with Crippen molar-refractivity contribution in [1.82, 2.24) is 9.88 Å². The molecule has 31 heavy (non-hydrogen) atoms. The summed E-state index contributed by atoms with van der Waals surface area (Å²) in [5.41, 5.74) is 0.0276. The quantitative estimate of drug-likeness (QED) is 0.752. The van der Waals surface area contributed by atoms with Crippen molar-refractivity contribution in [2.45, 2.75) is 57.1 Å². The number of carboxylic acid groups (broad SMARTS) is 1. The molecule has 1 aliphatic carbocycles. The van der Waals surface area contributed by atoms with E-state index in [9.17, 15) is 19.8 Å². The summed E-state index contributed by atoms with van der Waals surface area (Å²) in [6.07, 6.45) is 6.13. The second kappa shape index (κ2) is 8.53. The molecule has 1 aromatic rings. The largest absolute Gasteiger partial charge is 0.493 e. The zero-order valence-electron chi connectivity index (χ0n) is 18.3. The molecule has 0 radical (unpaired) electrons. The van der Waals surface area contributed by atoms with Crippen LogP contribution < -0.4 is 14.5 Å². The molecule has 3 aliphatic rings. The van der Waals surface area contributed by atoms with Gasteiger partial charge in [-0.25, -0.2) is 9.78 Å². The molecule has 9 nitrogen and oxygen atoms in total. The van der Waals surface area contributed by atoms with E-state index >= 15 is 0 Å². The van der Waals surface area contributed by atoms with Crippen molar-refractivity contribution in [2.75, 3.05) is 43.6 Å². The molecule has 170 valence electrons. The van der Waals surface area contributed by atoms with Crippen LogP contribution in [0.5, 0.6) is 5.75 Å². The summed E-state index contributed by atoms with van der Waals surface area (Å²) in [7, 11) is 3.01. The van der Waals surface area contributed by atoms with E-state index in [2.05, 4.69) is 14.8 Å². The SMILES string of the molecule is COc1cc(N(C)C(=O)O)cnc1N1CCC[C@]2(CCN([C@H]3CC[C@H](O)CC3)C2=O)C1. The summed E-state index contributed by atoms with van der Waals surface area (Å²) >= 11 is 0. The first kappa shape index (κ1) is 21.7. The number of ether oxygens (including phenoxy) is 1. The van der Waals surface area contributed by atoms with Crippen molar-refractivity contribution < 1.29 is 24.5 Å². The summed E-state index contributed by atoms with van der Waals surface area (Å²) in [4.78, 5) is 34.6. The maximum atomic E-state index is 13.5. The van der Waals surface area contributed by atoms with Crippen molar-refractivity contribution in [3.8, 4) is 5.75 Å². The number of carbonyl (C=O) groups excluding carboxylic acids is 1. The van der Waals surface area contributed by atoms with E-state index in [-0.39, 0.29) is 18.1 Å². The molecule has 2 aliphatic heterocycles. The van der Waals surface area contributed by atoms with Crippen LogP contribution in [-0.4, -0.2) is 78.0 Å². The van der Waals surface area contributed by atoms with E-state index in [0.29, 0.717) is 23.8 Å². The molecule has 0 unspecified atom stereocenters. The number of pyridine rings is 1. The van der Waals surface area contributed by atoms with Gasteiger partial charge in [-0.05, 0) is 44.9 Å². The van der Waals surface area contributed by atoms with Gasteiger partial charge >= 0.3 is 6.09 Å². The number of hydrogen-bond acceptors (Lipinski definition) is 6. The fourth-order valence-electron chi connectivity index (χ4n) is 5.37. The number of piperidine rings is 1. The molecule has 0 bridgehead atoms. The summed E-state index contributed by atoms with van der Waals surface area (Å²) < 4.78 is 5.53. The van der Waals surface area contributed by atoms with Gasteiger partial charge in [0.1, 0.15) is 0 Å². The number of anilines is 2. The number of hydrogen-bond donors (Lipinski definition) is 2. The van der Waals surface area contributed by atoms with Gasteiger partial charge in [0, 0.05) is 38.8 Å². The number of amides is 2. The third kappa shape index (κ3) is 4.03. The minimum atomic E-state index is -1.07. The Labute approximate surface area is 182 Å². The predicted molar refractivity (Wildman–Crippen MR) is 116 cm³/mol. The number of aliphatic hydroxyl groups excluding tert-OH is 1. The molecular formula is C22H32N4O5. The Kier molecular flexibility index (Phi) is 5.96. The van der Waals surface area contributed by atoms with Gasteiger partial charge in [-0.3, -0.25) is 9.69 Å². The summed E-state index contributed by atoms with van der Waals surface area (Å²) in [6, 6.07) is 1.91. The monoisotopic (exact) mass is 432 g/mol. The van der Waals surface area contributed by atoms with Crippen LogP contribution in [0.15, 0.2) is 12.3 Å². The highest BCUT2D eigenvalue weighted by molar-refractivity contribution is 5.87. The van der Waals surface area contributed by atoms with E-state index < -0.39 is 11.5 Å². The predicted octanol–water partition coefficient (Wildman–Crippen LogP) is 2.33. The standard InChI is InChI=1S/C22H32N4O5/c1-24(21(29)30)16-12-18(31-2)19(23-13-16)25-10-3-8-22(14-25)9-11-26(20(22)28)15-4-6-17(27)7-5-15/h12-13,15,17,27H,3-11,14H2,1-2H3,(H,29,30)/t15-,17-,22-/m0/s1. The lowest BCUT2D eigenvalue weighted by atomic mass is 9.78. The van der Waals surface area contributed by atoms with Gasteiger partial charge in [0.2, 0.25) is 5.91 Å². The lowest BCUT2D eigenvalue weighted by Gasteiger charge is -2.41. The average Bonchev–Trinajstić information content (AvgIpc) is 3.08. The molecular weight excluding hydrogens is 400 g/mol. The number of likely N-dealkylation sites (tertiary alicyclic amines) is 1. The molecule has 4 rings (SSSR count). The second-order valence-electron chi connectivity index (χ2n) is 9.08. The van der Waals surface area contributed by atoms with Crippen LogP contribution in [0.1, 0.15) is 44.9 Å². The van der Waals surface area contributed by atoms with Crippen molar-refractivity contribution in [1.29, 1.82) is 0 Å². The van der Waals surface area contributed by atoms with Gasteiger partial charge in [-0.1, -0.05) is 0 Å². The van der Waals surface area contributed by atoms with E-state index in [0.717, 1.165) is 62.9 Å². The van der Waals surface area contributed by atoms with E-state index in [4.69, 9.17) is 4.74 Å². The van der Waals surface area contributed by atoms with Crippen LogP contribution in [-0.2, 0) is 4.79 Å². The molecule has 3 fully saturated rings. The Morgan fingerprint density at radius 3 is 2.68 bits per heavy atom.